The smallest absolute Gasteiger partial charge is 0.328 e. The predicted octanol–water partition coefficient (Wildman–Crippen LogP) is 2.60. The maximum absolute atomic E-state index is 12.6. The van der Waals surface area contributed by atoms with Crippen LogP contribution in [0.2, 0.25) is 0 Å². The van der Waals surface area contributed by atoms with Gasteiger partial charge in [0.05, 0.1) is 11.4 Å². The first kappa shape index (κ1) is 28.2. The molecular formula is C27H39N3O8. The number of hydrogen-bond donors (Lipinski definition) is 5. The molecule has 11 heteroatoms. The van der Waals surface area contributed by atoms with E-state index in [1.54, 1.807) is 0 Å². The summed E-state index contributed by atoms with van der Waals surface area (Å²) in [7, 11) is 0. The zero-order chi connectivity index (χ0) is 27.7. The first-order valence-electron chi connectivity index (χ1n) is 13.5. The highest BCUT2D eigenvalue weighted by atomic mass is 16.6. The van der Waals surface area contributed by atoms with Gasteiger partial charge in [-0.2, -0.15) is 0 Å². The van der Waals surface area contributed by atoms with E-state index in [4.69, 9.17) is 15.1 Å². The van der Waals surface area contributed by atoms with Crippen LogP contribution in [0.25, 0.3) is 0 Å². The molecule has 0 radical (unpaired) electrons. The van der Waals surface area contributed by atoms with Crippen molar-refractivity contribution in [2.24, 2.45) is 38.9 Å². The molecule has 0 aromatic rings. The number of oxime groups is 2. The minimum Gasteiger partial charge on any atom is -0.478 e. The number of carboxylic acids is 2. The van der Waals surface area contributed by atoms with Crippen LogP contribution in [0.3, 0.4) is 0 Å². The van der Waals surface area contributed by atoms with E-state index < -0.39 is 17.5 Å². The van der Waals surface area contributed by atoms with E-state index in [0.717, 1.165) is 57.3 Å². The standard InChI is InChI=1S/C23H35N3O4.C4H4O4/c1-21-8-6-18-16(17(21)3-4-20(21)27)11-19(25-29)23(28)12-14(5-9-22(18,23)2)26-30-15-7-10-24-13-15;5-3(6)1-2-4(7)8/h15-18,24,28-29H,3-13H2,1-2H3;1-2H,(H,5,6)(H,7,8)/b25-19+,26-14+;2-1+/t15-,16+,17+,18+,21+,22-,23+;/m1./s1. The summed E-state index contributed by atoms with van der Waals surface area (Å²) in [5.41, 5.74) is -0.479. The molecule has 1 aliphatic heterocycles. The van der Waals surface area contributed by atoms with Crippen LogP contribution in [0.4, 0.5) is 0 Å². The van der Waals surface area contributed by atoms with Gasteiger partial charge in [0.15, 0.2) is 0 Å². The Morgan fingerprint density at radius 2 is 1.76 bits per heavy atom. The minimum absolute atomic E-state index is 0.0955. The van der Waals surface area contributed by atoms with Gasteiger partial charge in [0.2, 0.25) is 0 Å². The van der Waals surface area contributed by atoms with Gasteiger partial charge in [-0.3, -0.25) is 4.79 Å². The summed E-state index contributed by atoms with van der Waals surface area (Å²) in [6, 6.07) is 0. The first-order chi connectivity index (χ1) is 17.9. The number of hydrogen-bond acceptors (Lipinski definition) is 9. The fourth-order valence-corrected chi connectivity index (χ4v) is 7.86. The molecule has 5 fully saturated rings. The Labute approximate surface area is 222 Å². The van der Waals surface area contributed by atoms with E-state index in [9.17, 15) is 24.7 Å². The van der Waals surface area contributed by atoms with Gasteiger partial charge in [-0.1, -0.05) is 24.2 Å². The van der Waals surface area contributed by atoms with Gasteiger partial charge in [-0.25, -0.2) is 9.59 Å². The molecule has 1 heterocycles. The molecule has 7 atom stereocenters. The quantitative estimate of drug-likeness (QED) is 0.206. The second-order valence-electron chi connectivity index (χ2n) is 11.9. The van der Waals surface area contributed by atoms with Crippen molar-refractivity contribution in [2.75, 3.05) is 13.1 Å². The number of nitrogens with one attached hydrogen (secondary N) is 1. The molecule has 0 aromatic carbocycles. The maximum Gasteiger partial charge on any atom is 0.328 e. The number of carboxylic acid groups (broad SMARTS) is 2. The van der Waals surface area contributed by atoms with Gasteiger partial charge in [0, 0.05) is 48.8 Å². The highest BCUT2D eigenvalue weighted by Crippen LogP contribution is 2.65. The second kappa shape index (κ2) is 10.8. The first-order valence-corrected chi connectivity index (χ1v) is 13.5. The minimum atomic E-state index is -1.26. The molecule has 0 unspecified atom stereocenters. The van der Waals surface area contributed by atoms with E-state index >= 15 is 0 Å². The van der Waals surface area contributed by atoms with E-state index in [2.05, 4.69) is 29.5 Å². The fourth-order valence-electron chi connectivity index (χ4n) is 7.86. The maximum atomic E-state index is 12.6. The molecule has 11 nitrogen and oxygen atoms in total. The Hall–Kier alpha value is -2.79. The van der Waals surface area contributed by atoms with Gasteiger partial charge in [-0.05, 0) is 62.8 Å². The lowest BCUT2D eigenvalue weighted by Crippen LogP contribution is -2.66. The zero-order valence-electron chi connectivity index (χ0n) is 22.1. The van der Waals surface area contributed by atoms with Gasteiger partial charge in [-0.15, -0.1) is 0 Å². The number of Topliss-reactive ketones (excluding diaryl/α,β-unsaturated/α-hetero) is 1. The van der Waals surface area contributed by atoms with Crippen molar-refractivity contribution in [3.63, 3.8) is 0 Å². The molecule has 0 bridgehead atoms. The third-order valence-electron chi connectivity index (χ3n) is 10.0. The Kier molecular flexibility index (Phi) is 7.99. The Balaban J connectivity index is 0.000000368. The number of ketones is 1. The molecule has 5 N–H and O–H groups in total. The van der Waals surface area contributed by atoms with Crippen molar-refractivity contribution in [3.8, 4) is 0 Å². The molecule has 4 saturated carbocycles. The van der Waals surface area contributed by atoms with Crippen molar-refractivity contribution in [2.45, 2.75) is 83.3 Å². The molecule has 5 aliphatic rings. The average Bonchev–Trinajstić information content (AvgIpc) is 3.50. The van der Waals surface area contributed by atoms with Crippen molar-refractivity contribution in [1.29, 1.82) is 0 Å². The summed E-state index contributed by atoms with van der Waals surface area (Å²) in [5.74, 6) is -1.16. The summed E-state index contributed by atoms with van der Waals surface area (Å²) >= 11 is 0. The Morgan fingerprint density at radius 1 is 1.05 bits per heavy atom. The molecular weight excluding hydrogens is 494 g/mol. The van der Waals surface area contributed by atoms with Crippen LogP contribution in [0.5, 0.6) is 0 Å². The van der Waals surface area contributed by atoms with Crippen molar-refractivity contribution in [1.82, 2.24) is 5.32 Å². The molecule has 5 rings (SSSR count). The number of fused-ring (bicyclic) bond motifs is 5. The van der Waals surface area contributed by atoms with Gasteiger partial charge in [0.25, 0.3) is 0 Å². The monoisotopic (exact) mass is 533 g/mol. The molecule has 1 saturated heterocycles. The number of carbonyl (C=O) groups excluding carboxylic acids is 1. The molecule has 0 amide bonds. The van der Waals surface area contributed by atoms with Crippen LogP contribution >= 0.6 is 0 Å². The highest BCUT2D eigenvalue weighted by molar-refractivity contribution is 6.01. The highest BCUT2D eigenvalue weighted by Gasteiger charge is 2.66. The molecule has 4 aliphatic carbocycles. The molecule has 38 heavy (non-hydrogen) atoms. The van der Waals surface area contributed by atoms with E-state index in [1.807, 2.05) is 0 Å². The van der Waals surface area contributed by atoms with Gasteiger partial charge in [0.1, 0.15) is 17.5 Å². The largest absolute Gasteiger partial charge is 0.478 e. The van der Waals surface area contributed by atoms with Gasteiger partial charge >= 0.3 is 11.9 Å². The summed E-state index contributed by atoms with van der Waals surface area (Å²) in [5, 5.41) is 48.8. The van der Waals surface area contributed by atoms with Crippen LogP contribution in [0.15, 0.2) is 22.5 Å². The summed E-state index contributed by atoms with van der Waals surface area (Å²) in [4.78, 5) is 37.5. The fraction of sp³-hybridized carbons (Fsp3) is 0.741. The Bertz CT molecular complexity index is 1030. The Morgan fingerprint density at radius 3 is 2.37 bits per heavy atom. The number of aliphatic carboxylic acids is 2. The molecule has 0 spiro atoms. The van der Waals surface area contributed by atoms with Crippen molar-refractivity contribution in [3.05, 3.63) is 12.2 Å². The normalized spacial score (nSPS) is 42.2. The van der Waals surface area contributed by atoms with Crippen LogP contribution < -0.4 is 5.32 Å². The average molecular weight is 534 g/mol. The predicted molar refractivity (Wildman–Crippen MR) is 137 cm³/mol. The van der Waals surface area contributed by atoms with Crippen molar-refractivity contribution < 1.29 is 39.7 Å². The SMILES string of the molecule is C[C@]12CC[C@H]3[C@@H](C/C(=N\O)[C@@]4(O)C/C(=N/O[C@@H]5CCNC5)CC[C@]34C)[C@@H]1CCC2=O.O=C(O)/C=C/C(=O)O. The molecule has 0 aromatic heterocycles. The van der Waals surface area contributed by atoms with E-state index in [1.165, 1.54) is 0 Å². The van der Waals surface area contributed by atoms with E-state index in [-0.39, 0.29) is 16.9 Å². The lowest BCUT2D eigenvalue weighted by atomic mass is 9.43. The van der Waals surface area contributed by atoms with Crippen LogP contribution in [0.1, 0.15) is 71.6 Å². The van der Waals surface area contributed by atoms with E-state index in [0.29, 0.717) is 60.7 Å². The summed E-state index contributed by atoms with van der Waals surface area (Å²) in [6.07, 6.45) is 8.16. The lowest BCUT2D eigenvalue weighted by Gasteiger charge is -2.62. The summed E-state index contributed by atoms with van der Waals surface area (Å²) in [6.45, 7) is 6.07. The van der Waals surface area contributed by atoms with Crippen LogP contribution in [0, 0.1) is 28.6 Å². The number of nitrogens with zero attached hydrogens (tertiary/aromatic N) is 2. The van der Waals surface area contributed by atoms with Crippen LogP contribution in [-0.2, 0) is 19.2 Å². The third kappa shape index (κ3) is 4.98. The zero-order valence-corrected chi connectivity index (χ0v) is 22.1. The summed E-state index contributed by atoms with van der Waals surface area (Å²) < 4.78 is 0. The number of carbonyl (C=O) groups is 3. The third-order valence-corrected chi connectivity index (χ3v) is 10.0. The molecule has 210 valence electrons. The van der Waals surface area contributed by atoms with Crippen molar-refractivity contribution >= 4 is 29.1 Å². The number of aliphatic hydroxyl groups is 1. The number of rotatable bonds is 4. The van der Waals surface area contributed by atoms with Crippen LogP contribution in [-0.4, -0.2) is 74.5 Å². The second-order valence-corrected chi connectivity index (χ2v) is 11.9. The van der Waals surface area contributed by atoms with Gasteiger partial charge < -0.3 is 30.7 Å². The topological polar surface area (TPSA) is 178 Å². The lowest BCUT2D eigenvalue weighted by molar-refractivity contribution is -0.146.